The zero-order valence-corrected chi connectivity index (χ0v) is 15.2. The molecular formula is C21H31FN2. The van der Waals surface area contributed by atoms with E-state index < -0.39 is 0 Å². The Bertz CT molecular complexity index is 563. The SMILES string of the molecule is C=CCN1CCC2(CC1)CCC(c1cccc(F)c1)(N(C)C)CC2. The monoisotopic (exact) mass is 330 g/mol. The Kier molecular flexibility index (Phi) is 5.12. The lowest BCUT2D eigenvalue weighted by Crippen LogP contribution is -2.49. The van der Waals surface area contributed by atoms with Crippen molar-refractivity contribution < 1.29 is 4.39 Å². The van der Waals surface area contributed by atoms with Crippen LogP contribution in [0, 0.1) is 11.2 Å². The van der Waals surface area contributed by atoms with E-state index in [0.29, 0.717) is 5.41 Å². The summed E-state index contributed by atoms with van der Waals surface area (Å²) in [5.41, 5.74) is 1.64. The van der Waals surface area contributed by atoms with Gasteiger partial charge in [0.2, 0.25) is 0 Å². The van der Waals surface area contributed by atoms with Crippen LogP contribution in [-0.4, -0.2) is 43.5 Å². The first-order valence-corrected chi connectivity index (χ1v) is 9.26. The zero-order valence-electron chi connectivity index (χ0n) is 15.2. The fraction of sp³-hybridized carbons (Fsp3) is 0.619. The maximum Gasteiger partial charge on any atom is 0.123 e. The van der Waals surface area contributed by atoms with E-state index in [0.717, 1.165) is 24.9 Å². The van der Waals surface area contributed by atoms with Gasteiger partial charge < -0.3 is 0 Å². The number of benzene rings is 1. The van der Waals surface area contributed by atoms with E-state index in [4.69, 9.17) is 0 Å². The fourth-order valence-electron chi connectivity index (χ4n) is 4.86. The molecule has 132 valence electrons. The Morgan fingerprint density at radius 2 is 1.79 bits per heavy atom. The van der Waals surface area contributed by atoms with Gasteiger partial charge in [-0.25, -0.2) is 4.39 Å². The summed E-state index contributed by atoms with van der Waals surface area (Å²) in [6.45, 7) is 7.27. The topological polar surface area (TPSA) is 6.48 Å². The molecular weight excluding hydrogens is 299 g/mol. The number of hydrogen-bond acceptors (Lipinski definition) is 2. The molecule has 1 saturated heterocycles. The number of hydrogen-bond donors (Lipinski definition) is 0. The van der Waals surface area contributed by atoms with Gasteiger partial charge in [0.25, 0.3) is 0 Å². The average Bonchev–Trinajstić information content (AvgIpc) is 2.58. The lowest BCUT2D eigenvalue weighted by Gasteiger charge is -2.52. The second-order valence-electron chi connectivity index (χ2n) is 8.03. The van der Waals surface area contributed by atoms with Crippen molar-refractivity contribution in [1.82, 2.24) is 9.80 Å². The highest BCUT2D eigenvalue weighted by molar-refractivity contribution is 5.26. The normalized spacial score (nSPS) is 23.5. The third-order valence-corrected chi connectivity index (χ3v) is 6.66. The van der Waals surface area contributed by atoms with Gasteiger partial charge in [-0.05, 0) is 88.8 Å². The smallest absolute Gasteiger partial charge is 0.123 e. The molecule has 2 nitrogen and oxygen atoms in total. The van der Waals surface area contributed by atoms with E-state index in [2.05, 4.69) is 36.5 Å². The summed E-state index contributed by atoms with van der Waals surface area (Å²) in [4.78, 5) is 4.83. The molecule has 0 bridgehead atoms. The van der Waals surface area contributed by atoms with Gasteiger partial charge in [-0.15, -0.1) is 6.58 Å². The molecule has 1 aliphatic carbocycles. The van der Waals surface area contributed by atoms with Gasteiger partial charge in [0, 0.05) is 12.1 Å². The molecule has 1 aliphatic heterocycles. The quantitative estimate of drug-likeness (QED) is 0.754. The molecule has 0 aromatic heterocycles. The number of rotatable bonds is 4. The van der Waals surface area contributed by atoms with Gasteiger partial charge in [-0.1, -0.05) is 18.2 Å². The molecule has 1 saturated carbocycles. The minimum absolute atomic E-state index is 0.00833. The highest BCUT2D eigenvalue weighted by Gasteiger charge is 2.45. The lowest BCUT2D eigenvalue weighted by molar-refractivity contribution is -0.000286. The maximum absolute atomic E-state index is 13.8. The molecule has 0 radical (unpaired) electrons. The molecule has 0 N–H and O–H groups in total. The second kappa shape index (κ2) is 6.97. The maximum atomic E-state index is 13.8. The molecule has 1 aromatic rings. The number of nitrogens with zero attached hydrogens (tertiary/aromatic N) is 2. The minimum atomic E-state index is -0.119. The van der Waals surface area contributed by atoms with E-state index >= 15 is 0 Å². The van der Waals surface area contributed by atoms with E-state index in [9.17, 15) is 4.39 Å². The first kappa shape index (κ1) is 17.6. The molecule has 0 unspecified atom stereocenters. The predicted octanol–water partition coefficient (Wildman–Crippen LogP) is 4.42. The minimum Gasteiger partial charge on any atom is -0.300 e. The molecule has 3 heteroatoms. The van der Waals surface area contributed by atoms with Crippen molar-refractivity contribution in [3.8, 4) is 0 Å². The average molecular weight is 330 g/mol. The second-order valence-corrected chi connectivity index (χ2v) is 8.03. The summed E-state index contributed by atoms with van der Waals surface area (Å²) in [6, 6.07) is 7.25. The van der Waals surface area contributed by atoms with E-state index in [1.807, 2.05) is 12.1 Å². The van der Waals surface area contributed by atoms with Crippen LogP contribution in [-0.2, 0) is 5.54 Å². The van der Waals surface area contributed by atoms with Crippen LogP contribution in [0.5, 0.6) is 0 Å². The van der Waals surface area contributed by atoms with E-state index in [1.54, 1.807) is 12.1 Å². The van der Waals surface area contributed by atoms with Crippen LogP contribution in [0.1, 0.15) is 44.1 Å². The van der Waals surface area contributed by atoms with Gasteiger partial charge in [0.15, 0.2) is 0 Å². The number of halogens is 1. The van der Waals surface area contributed by atoms with Crippen molar-refractivity contribution in [3.05, 3.63) is 48.3 Å². The fourth-order valence-corrected chi connectivity index (χ4v) is 4.86. The molecule has 2 fully saturated rings. The van der Waals surface area contributed by atoms with Crippen LogP contribution in [0.2, 0.25) is 0 Å². The molecule has 0 atom stereocenters. The summed E-state index contributed by atoms with van der Waals surface area (Å²) >= 11 is 0. The first-order chi connectivity index (χ1) is 11.5. The first-order valence-electron chi connectivity index (χ1n) is 9.26. The Morgan fingerprint density at radius 3 is 2.33 bits per heavy atom. The Balaban J connectivity index is 1.73. The molecule has 3 rings (SSSR count). The van der Waals surface area contributed by atoms with Crippen molar-refractivity contribution >= 4 is 0 Å². The summed E-state index contributed by atoms with van der Waals surface area (Å²) in [6.07, 6.45) is 9.38. The van der Waals surface area contributed by atoms with Gasteiger partial charge in [-0.3, -0.25) is 9.80 Å². The molecule has 0 amide bonds. The highest BCUT2D eigenvalue weighted by atomic mass is 19.1. The van der Waals surface area contributed by atoms with E-state index in [-0.39, 0.29) is 11.4 Å². The van der Waals surface area contributed by atoms with Crippen molar-refractivity contribution in [2.75, 3.05) is 33.7 Å². The standard InChI is InChI=1S/C21H31FN2/c1-4-14-24-15-12-20(13-16-24)8-10-21(11-9-20,23(2)3)18-6-5-7-19(22)17-18/h4-7,17H,1,8-16H2,2-3H3. The Hall–Kier alpha value is -1.19. The molecule has 1 heterocycles. The summed E-state index contributed by atoms with van der Waals surface area (Å²) < 4.78 is 13.8. The predicted molar refractivity (Wildman–Crippen MR) is 98.5 cm³/mol. The Labute approximate surface area is 146 Å². The van der Waals surface area contributed by atoms with Gasteiger partial charge in [-0.2, -0.15) is 0 Å². The summed E-state index contributed by atoms with van der Waals surface area (Å²) in [7, 11) is 4.30. The summed E-state index contributed by atoms with van der Waals surface area (Å²) in [5.74, 6) is -0.119. The van der Waals surface area contributed by atoms with Crippen LogP contribution < -0.4 is 0 Å². The third kappa shape index (κ3) is 3.29. The van der Waals surface area contributed by atoms with Crippen molar-refractivity contribution in [2.24, 2.45) is 5.41 Å². The van der Waals surface area contributed by atoms with Crippen molar-refractivity contribution in [3.63, 3.8) is 0 Å². The largest absolute Gasteiger partial charge is 0.300 e. The van der Waals surface area contributed by atoms with Crippen molar-refractivity contribution in [1.29, 1.82) is 0 Å². The number of likely N-dealkylation sites (tertiary alicyclic amines) is 1. The van der Waals surface area contributed by atoms with Gasteiger partial charge in [0.1, 0.15) is 5.82 Å². The zero-order chi connectivity index (χ0) is 17.2. The van der Waals surface area contributed by atoms with Crippen LogP contribution in [0.25, 0.3) is 0 Å². The van der Waals surface area contributed by atoms with Crippen LogP contribution in [0.4, 0.5) is 4.39 Å². The lowest BCUT2D eigenvalue weighted by atomic mass is 9.61. The summed E-state index contributed by atoms with van der Waals surface area (Å²) in [5, 5.41) is 0. The van der Waals surface area contributed by atoms with Gasteiger partial charge >= 0.3 is 0 Å². The van der Waals surface area contributed by atoms with Crippen LogP contribution in [0.15, 0.2) is 36.9 Å². The molecule has 24 heavy (non-hydrogen) atoms. The third-order valence-electron chi connectivity index (χ3n) is 6.66. The Morgan fingerprint density at radius 1 is 1.12 bits per heavy atom. The van der Waals surface area contributed by atoms with Gasteiger partial charge in [0.05, 0.1) is 0 Å². The molecule has 1 spiro atoms. The molecule has 2 aliphatic rings. The van der Waals surface area contributed by atoms with E-state index in [1.165, 1.54) is 38.8 Å². The van der Waals surface area contributed by atoms with Crippen LogP contribution >= 0.6 is 0 Å². The molecule has 1 aromatic carbocycles. The van der Waals surface area contributed by atoms with Crippen LogP contribution in [0.3, 0.4) is 0 Å². The van der Waals surface area contributed by atoms with Crippen molar-refractivity contribution in [2.45, 2.75) is 44.1 Å². The number of piperidine rings is 1. The highest BCUT2D eigenvalue weighted by Crippen LogP contribution is 2.52.